The van der Waals surface area contributed by atoms with Gasteiger partial charge in [-0.05, 0) is 32.1 Å². The molecule has 2 heterocycles. The van der Waals surface area contributed by atoms with E-state index in [1.54, 1.807) is 24.3 Å². The lowest BCUT2D eigenvalue weighted by Gasteiger charge is -2.34. The summed E-state index contributed by atoms with van der Waals surface area (Å²) in [6, 6.07) is 9.23. The van der Waals surface area contributed by atoms with E-state index in [9.17, 15) is 24.8 Å². The molecule has 0 amide bonds. The topological polar surface area (TPSA) is 124 Å². The SMILES string of the molecule is C.CN1CCC(c2c(OP(O)O)cc(O)c3c(=O)cc(-c4ccccc4Cl)oc23)C(O)C1. The Balaban J connectivity index is 0.00000289. The first kappa shape index (κ1) is 24.5. The molecule has 1 fully saturated rings. The van der Waals surface area contributed by atoms with Crippen molar-refractivity contribution in [2.75, 3.05) is 20.1 Å². The summed E-state index contributed by atoms with van der Waals surface area (Å²) < 4.78 is 11.2. The van der Waals surface area contributed by atoms with E-state index in [-0.39, 0.29) is 29.9 Å². The molecule has 2 aromatic carbocycles. The standard InChI is InChI=1S/C21H21ClNO7P.CH4/c1-23-7-6-12(16(26)10-23)19-18(30-31(27)28)9-15(25)20-14(24)8-17(29-21(19)20)11-4-2-3-5-13(11)22;/h2-5,8-9,12,16,25-28H,6-7,10H2,1H3;1H4. The van der Waals surface area contributed by atoms with Crippen molar-refractivity contribution in [2.24, 2.45) is 0 Å². The van der Waals surface area contributed by atoms with Crippen molar-refractivity contribution < 1.29 is 28.9 Å². The molecule has 0 spiro atoms. The van der Waals surface area contributed by atoms with Crippen molar-refractivity contribution in [2.45, 2.75) is 25.9 Å². The summed E-state index contributed by atoms with van der Waals surface area (Å²) in [4.78, 5) is 33.8. The number of aliphatic hydroxyl groups excluding tert-OH is 1. The number of hydrogen-bond acceptors (Lipinski definition) is 8. The van der Waals surface area contributed by atoms with Gasteiger partial charge in [0.25, 0.3) is 0 Å². The number of phenolic OH excluding ortho intramolecular Hbond substituents is 1. The molecule has 2 atom stereocenters. The van der Waals surface area contributed by atoms with Gasteiger partial charge in [-0.1, -0.05) is 31.2 Å². The van der Waals surface area contributed by atoms with Gasteiger partial charge >= 0.3 is 8.60 Å². The number of nitrogens with zero attached hydrogens (tertiary/aromatic N) is 1. The number of hydrogen-bond donors (Lipinski definition) is 4. The number of phenols is 1. The molecule has 0 radical (unpaired) electrons. The number of benzene rings is 2. The summed E-state index contributed by atoms with van der Waals surface area (Å²) >= 11 is 6.28. The fraction of sp³-hybridized carbons (Fsp3) is 0.318. The van der Waals surface area contributed by atoms with Crippen molar-refractivity contribution >= 4 is 31.2 Å². The second-order valence-electron chi connectivity index (χ2n) is 7.54. The lowest BCUT2D eigenvalue weighted by atomic mass is 9.85. The molecule has 8 nitrogen and oxygen atoms in total. The number of likely N-dealkylation sites (tertiary alicyclic amines) is 1. The predicted octanol–water partition coefficient (Wildman–Crippen LogP) is 3.83. The first-order valence-electron chi connectivity index (χ1n) is 9.57. The molecule has 1 aliphatic heterocycles. The van der Waals surface area contributed by atoms with Gasteiger partial charge in [0.05, 0.1) is 11.1 Å². The van der Waals surface area contributed by atoms with Crippen LogP contribution in [0.15, 0.2) is 45.6 Å². The van der Waals surface area contributed by atoms with Crippen LogP contribution in [0.3, 0.4) is 0 Å². The highest BCUT2D eigenvalue weighted by atomic mass is 35.5. The third-order valence-corrected chi connectivity index (χ3v) is 6.15. The van der Waals surface area contributed by atoms with Crippen molar-refractivity contribution in [3.8, 4) is 22.8 Å². The Kier molecular flexibility index (Phi) is 7.45. The van der Waals surface area contributed by atoms with Gasteiger partial charge in [-0.2, -0.15) is 0 Å². The van der Waals surface area contributed by atoms with Gasteiger partial charge in [0.1, 0.15) is 28.2 Å². The predicted molar refractivity (Wildman–Crippen MR) is 124 cm³/mol. The zero-order chi connectivity index (χ0) is 22.3. The van der Waals surface area contributed by atoms with E-state index in [0.29, 0.717) is 35.7 Å². The first-order chi connectivity index (χ1) is 14.8. The molecular formula is C22H25ClNO7P. The van der Waals surface area contributed by atoms with Crippen molar-refractivity contribution in [3.05, 3.63) is 57.2 Å². The Morgan fingerprint density at radius 2 is 1.97 bits per heavy atom. The number of aliphatic hydroxyl groups is 1. The molecule has 1 saturated heterocycles. The van der Waals surface area contributed by atoms with Gasteiger partial charge in [-0.25, -0.2) is 0 Å². The molecule has 1 aliphatic rings. The normalized spacial score (nSPS) is 19.2. The second kappa shape index (κ2) is 9.75. The summed E-state index contributed by atoms with van der Waals surface area (Å²) in [7, 11) is -0.936. The fourth-order valence-electron chi connectivity index (χ4n) is 4.05. The van der Waals surface area contributed by atoms with Crippen LogP contribution in [0.1, 0.15) is 25.3 Å². The van der Waals surface area contributed by atoms with Gasteiger partial charge in [0.2, 0.25) is 0 Å². The van der Waals surface area contributed by atoms with Gasteiger partial charge in [-0.15, -0.1) is 0 Å². The van der Waals surface area contributed by atoms with Gasteiger partial charge < -0.3 is 33.8 Å². The molecule has 32 heavy (non-hydrogen) atoms. The maximum Gasteiger partial charge on any atom is 0.391 e. The second-order valence-corrected chi connectivity index (χ2v) is 8.63. The van der Waals surface area contributed by atoms with Crippen molar-refractivity contribution in [3.63, 3.8) is 0 Å². The van der Waals surface area contributed by atoms with Gasteiger partial charge in [-0.3, -0.25) is 4.79 Å². The molecule has 4 rings (SSSR count). The lowest BCUT2D eigenvalue weighted by Crippen LogP contribution is -2.40. The average Bonchev–Trinajstić information content (AvgIpc) is 2.68. The Morgan fingerprint density at radius 3 is 2.62 bits per heavy atom. The smallest absolute Gasteiger partial charge is 0.391 e. The van der Waals surface area contributed by atoms with E-state index in [1.807, 2.05) is 11.9 Å². The monoisotopic (exact) mass is 481 g/mol. The average molecular weight is 482 g/mol. The quantitative estimate of drug-likeness (QED) is 0.415. The van der Waals surface area contributed by atoms with E-state index in [4.69, 9.17) is 20.5 Å². The Morgan fingerprint density at radius 1 is 1.25 bits per heavy atom. The molecule has 3 aromatic rings. The van der Waals surface area contributed by atoms with Crippen LogP contribution in [0.25, 0.3) is 22.3 Å². The largest absolute Gasteiger partial charge is 0.507 e. The van der Waals surface area contributed by atoms with Crippen LogP contribution in [0.5, 0.6) is 11.5 Å². The van der Waals surface area contributed by atoms with E-state index in [2.05, 4.69) is 0 Å². The van der Waals surface area contributed by atoms with E-state index in [1.165, 1.54) is 6.07 Å². The van der Waals surface area contributed by atoms with Gasteiger partial charge in [0, 0.05) is 35.7 Å². The Labute approximate surface area is 191 Å². The molecule has 1 aromatic heterocycles. The molecular weight excluding hydrogens is 457 g/mol. The summed E-state index contributed by atoms with van der Waals surface area (Å²) in [6.07, 6.45) is -0.324. The number of likely N-dealkylation sites (N-methyl/N-ethyl adjacent to an activating group) is 1. The summed E-state index contributed by atoms with van der Waals surface area (Å²) in [5, 5.41) is 21.6. The fourth-order valence-corrected chi connectivity index (χ4v) is 4.60. The van der Waals surface area contributed by atoms with Crippen LogP contribution in [0, 0.1) is 0 Å². The number of fused-ring (bicyclic) bond motifs is 1. The zero-order valence-electron chi connectivity index (χ0n) is 16.5. The lowest BCUT2D eigenvalue weighted by molar-refractivity contribution is 0.0633. The van der Waals surface area contributed by atoms with E-state index < -0.39 is 31.8 Å². The molecule has 0 bridgehead atoms. The number of rotatable bonds is 4. The molecule has 10 heteroatoms. The zero-order valence-corrected chi connectivity index (χ0v) is 18.2. The molecule has 4 N–H and O–H groups in total. The third-order valence-electron chi connectivity index (χ3n) is 5.46. The van der Waals surface area contributed by atoms with E-state index in [0.717, 1.165) is 6.07 Å². The Hall–Kier alpha value is -2.19. The highest BCUT2D eigenvalue weighted by Crippen LogP contribution is 2.46. The van der Waals surface area contributed by atoms with Crippen LogP contribution in [0.4, 0.5) is 0 Å². The Bertz CT molecular complexity index is 1180. The van der Waals surface area contributed by atoms with Crippen LogP contribution in [-0.2, 0) is 0 Å². The minimum absolute atomic E-state index is 0. The highest BCUT2D eigenvalue weighted by molar-refractivity contribution is 7.39. The van der Waals surface area contributed by atoms with Gasteiger partial charge in [0.15, 0.2) is 5.43 Å². The van der Waals surface area contributed by atoms with E-state index >= 15 is 0 Å². The minimum Gasteiger partial charge on any atom is -0.507 e. The number of aromatic hydroxyl groups is 1. The summed E-state index contributed by atoms with van der Waals surface area (Å²) in [5.74, 6) is -0.825. The maximum atomic E-state index is 12.9. The van der Waals surface area contributed by atoms with Crippen molar-refractivity contribution in [1.82, 2.24) is 4.90 Å². The maximum absolute atomic E-state index is 12.9. The first-order valence-corrected chi connectivity index (χ1v) is 11.1. The van der Waals surface area contributed by atoms with Crippen molar-refractivity contribution in [1.29, 1.82) is 0 Å². The summed E-state index contributed by atoms with van der Waals surface area (Å²) in [5.41, 5.74) is 0.299. The minimum atomic E-state index is -2.81. The number of halogens is 1. The molecule has 0 aliphatic carbocycles. The molecule has 0 saturated carbocycles. The number of piperidine rings is 1. The summed E-state index contributed by atoms with van der Waals surface area (Å²) in [6.45, 7) is 1.03. The van der Waals surface area contributed by atoms with Crippen LogP contribution in [0.2, 0.25) is 5.02 Å². The third kappa shape index (κ3) is 4.62. The highest BCUT2D eigenvalue weighted by Gasteiger charge is 2.34. The van der Waals surface area contributed by atoms with Crippen LogP contribution >= 0.6 is 20.2 Å². The number of β-amino-alcohol motifs (C(OH)–C–C–N with tert-alkyl or cyclic N) is 1. The van der Waals surface area contributed by atoms with Crippen LogP contribution in [-0.4, -0.2) is 51.1 Å². The molecule has 172 valence electrons. The molecule has 2 unspecified atom stereocenters. The van der Waals surface area contributed by atoms with Crippen LogP contribution < -0.4 is 9.95 Å².